The summed E-state index contributed by atoms with van der Waals surface area (Å²) >= 11 is 0. The van der Waals surface area contributed by atoms with Gasteiger partial charge in [-0.3, -0.25) is 0 Å². The Labute approximate surface area is 139 Å². The van der Waals surface area contributed by atoms with Crippen molar-refractivity contribution in [1.29, 1.82) is 0 Å². The Morgan fingerprint density at radius 2 is 1.73 bits per heavy atom. The highest BCUT2D eigenvalue weighted by Gasteiger charge is 2.19. The lowest BCUT2D eigenvalue weighted by Gasteiger charge is -2.32. The van der Waals surface area contributed by atoms with Gasteiger partial charge >= 0.3 is 0 Å². The topological polar surface area (TPSA) is 15.3 Å². The van der Waals surface area contributed by atoms with E-state index in [9.17, 15) is 0 Å². The van der Waals surface area contributed by atoms with Crippen molar-refractivity contribution in [2.75, 3.05) is 32.7 Å². The molecule has 2 nitrogen and oxygen atoms in total. The third-order valence-electron chi connectivity index (χ3n) is 4.42. The van der Waals surface area contributed by atoms with Crippen LogP contribution in [0.4, 0.5) is 0 Å². The molecule has 1 heterocycles. The highest BCUT2D eigenvalue weighted by molar-refractivity contribution is 5.26. The number of rotatable bonds is 7. The van der Waals surface area contributed by atoms with E-state index in [0.717, 1.165) is 25.4 Å². The molecule has 1 aliphatic heterocycles. The van der Waals surface area contributed by atoms with Gasteiger partial charge in [-0.25, -0.2) is 0 Å². The van der Waals surface area contributed by atoms with Crippen molar-refractivity contribution >= 4 is 0 Å². The number of likely N-dealkylation sites (N-methyl/N-ethyl adjacent to an activating group) is 1. The summed E-state index contributed by atoms with van der Waals surface area (Å²) in [5.41, 5.74) is 3.01. The van der Waals surface area contributed by atoms with Crippen molar-refractivity contribution in [3.05, 3.63) is 35.4 Å². The van der Waals surface area contributed by atoms with E-state index in [1.165, 1.54) is 44.5 Å². The number of nitrogens with zero attached hydrogens (tertiary/aromatic N) is 1. The lowest BCUT2D eigenvalue weighted by atomic mass is 9.89. The third kappa shape index (κ3) is 6.50. The fourth-order valence-corrected chi connectivity index (χ4v) is 3.17. The summed E-state index contributed by atoms with van der Waals surface area (Å²) in [5, 5.41) is 3.39. The quantitative estimate of drug-likeness (QED) is 0.735. The van der Waals surface area contributed by atoms with Crippen LogP contribution in [0.2, 0.25) is 0 Å². The zero-order chi connectivity index (χ0) is 16.2. The molecular formula is C20H38N2. The third-order valence-corrected chi connectivity index (χ3v) is 4.42. The number of likely N-dealkylation sites (tertiary alicyclic amines) is 1. The van der Waals surface area contributed by atoms with E-state index in [-0.39, 0.29) is 1.43 Å². The lowest BCUT2D eigenvalue weighted by molar-refractivity contribution is 0.213. The molecule has 1 aromatic rings. The molecule has 0 spiro atoms. The smallest absolute Gasteiger partial charge is 0 e. The summed E-state index contributed by atoms with van der Waals surface area (Å²) < 4.78 is 0. The summed E-state index contributed by atoms with van der Waals surface area (Å²) in [6, 6.07) is 9.37. The highest BCUT2D eigenvalue weighted by atomic mass is 15.1. The van der Waals surface area contributed by atoms with Crippen molar-refractivity contribution in [2.45, 2.75) is 59.3 Å². The molecule has 2 rings (SSSR count). The van der Waals surface area contributed by atoms with Crippen LogP contribution in [0, 0.1) is 0 Å². The molecule has 0 bridgehead atoms. The zero-order valence-corrected chi connectivity index (χ0v) is 15.2. The SMILES string of the molecule is CC.CCCN1CCC(c2ccc(CCNCC)cc2)CC1.[HH]. The van der Waals surface area contributed by atoms with Crippen LogP contribution in [0.15, 0.2) is 24.3 Å². The van der Waals surface area contributed by atoms with Crippen LogP contribution < -0.4 is 5.32 Å². The molecule has 2 heteroatoms. The Bertz CT molecular complexity index is 370. The maximum atomic E-state index is 3.39. The van der Waals surface area contributed by atoms with Gasteiger partial charge in [-0.1, -0.05) is 52.0 Å². The van der Waals surface area contributed by atoms with Crippen LogP contribution in [0.25, 0.3) is 0 Å². The molecule has 22 heavy (non-hydrogen) atoms. The van der Waals surface area contributed by atoms with E-state index in [4.69, 9.17) is 0 Å². The maximum absolute atomic E-state index is 3.39. The second-order valence-electron chi connectivity index (χ2n) is 5.96. The van der Waals surface area contributed by atoms with Crippen LogP contribution in [0.3, 0.4) is 0 Å². The van der Waals surface area contributed by atoms with Crippen molar-refractivity contribution in [3.63, 3.8) is 0 Å². The summed E-state index contributed by atoms with van der Waals surface area (Å²) in [6.07, 6.45) is 5.09. The Balaban J connectivity index is 0.00000155. The van der Waals surface area contributed by atoms with Crippen molar-refractivity contribution in [2.24, 2.45) is 0 Å². The lowest BCUT2D eigenvalue weighted by Crippen LogP contribution is -2.33. The van der Waals surface area contributed by atoms with Gasteiger partial charge in [0.25, 0.3) is 0 Å². The first-order valence-corrected chi connectivity index (χ1v) is 9.35. The molecule has 128 valence electrons. The molecule has 1 N–H and O–H groups in total. The molecule has 0 atom stereocenters. The summed E-state index contributed by atoms with van der Waals surface area (Å²) in [5.74, 6) is 0.783. The van der Waals surface area contributed by atoms with E-state index >= 15 is 0 Å². The molecule has 0 aromatic heterocycles. The summed E-state index contributed by atoms with van der Waals surface area (Å²) in [6.45, 7) is 14.4. The van der Waals surface area contributed by atoms with Crippen LogP contribution in [-0.2, 0) is 6.42 Å². The Morgan fingerprint density at radius 1 is 1.09 bits per heavy atom. The van der Waals surface area contributed by atoms with E-state index in [0.29, 0.717) is 0 Å². The Hall–Kier alpha value is -0.860. The average molecular weight is 307 g/mol. The van der Waals surface area contributed by atoms with Gasteiger partial charge in [-0.05, 0) is 75.5 Å². The van der Waals surface area contributed by atoms with Gasteiger partial charge in [0.15, 0.2) is 0 Å². The second-order valence-corrected chi connectivity index (χ2v) is 5.96. The average Bonchev–Trinajstić information content (AvgIpc) is 2.59. The van der Waals surface area contributed by atoms with Gasteiger partial charge in [0, 0.05) is 1.43 Å². The molecule has 0 amide bonds. The number of hydrogen-bond acceptors (Lipinski definition) is 2. The van der Waals surface area contributed by atoms with E-state index in [1.54, 1.807) is 5.56 Å². The number of piperidine rings is 1. The standard InChI is InChI=1S/C18H30N2.C2H6.H2/c1-3-13-20-14-10-18(11-15-20)17-7-5-16(6-8-17)9-12-19-4-2;1-2;/h5-8,18-19H,3-4,9-15H2,1-2H3;1-2H3;1H. The molecule has 0 saturated carbocycles. The summed E-state index contributed by atoms with van der Waals surface area (Å²) in [7, 11) is 0. The predicted molar refractivity (Wildman–Crippen MR) is 101 cm³/mol. The molecule has 0 unspecified atom stereocenters. The summed E-state index contributed by atoms with van der Waals surface area (Å²) in [4.78, 5) is 2.61. The number of hydrogen-bond donors (Lipinski definition) is 1. The maximum Gasteiger partial charge on any atom is 0 e. The van der Waals surface area contributed by atoms with Gasteiger partial charge in [-0.15, -0.1) is 0 Å². The first-order valence-electron chi connectivity index (χ1n) is 9.35. The van der Waals surface area contributed by atoms with Gasteiger partial charge < -0.3 is 10.2 Å². The fraction of sp³-hybridized carbons (Fsp3) is 0.700. The van der Waals surface area contributed by atoms with Crippen LogP contribution >= 0.6 is 0 Å². The molecule has 1 aromatic carbocycles. The number of benzene rings is 1. The normalized spacial score (nSPS) is 16.2. The predicted octanol–water partition coefficient (Wildman–Crippen LogP) is 4.70. The molecule has 0 aliphatic carbocycles. The minimum absolute atomic E-state index is 0. The fourth-order valence-electron chi connectivity index (χ4n) is 3.17. The molecule has 1 aliphatic rings. The Kier molecular flexibility index (Phi) is 10.2. The van der Waals surface area contributed by atoms with Crippen LogP contribution in [0.1, 0.15) is 65.4 Å². The molecular weight excluding hydrogens is 268 g/mol. The Morgan fingerprint density at radius 3 is 2.27 bits per heavy atom. The monoisotopic (exact) mass is 306 g/mol. The van der Waals surface area contributed by atoms with Crippen LogP contribution in [0.5, 0.6) is 0 Å². The second kappa shape index (κ2) is 11.7. The first-order chi connectivity index (χ1) is 10.8. The first kappa shape index (κ1) is 19.2. The van der Waals surface area contributed by atoms with E-state index in [2.05, 4.69) is 48.3 Å². The zero-order valence-electron chi connectivity index (χ0n) is 15.2. The largest absolute Gasteiger partial charge is 0.317 e. The minimum Gasteiger partial charge on any atom is -0.317 e. The van der Waals surface area contributed by atoms with E-state index < -0.39 is 0 Å². The van der Waals surface area contributed by atoms with Gasteiger partial charge in [-0.2, -0.15) is 0 Å². The van der Waals surface area contributed by atoms with Gasteiger partial charge in [0.05, 0.1) is 0 Å². The molecule has 1 fully saturated rings. The highest BCUT2D eigenvalue weighted by Crippen LogP contribution is 2.28. The van der Waals surface area contributed by atoms with Crippen LogP contribution in [-0.4, -0.2) is 37.6 Å². The van der Waals surface area contributed by atoms with Crippen molar-refractivity contribution < 1.29 is 1.43 Å². The molecule has 1 saturated heterocycles. The van der Waals surface area contributed by atoms with Crippen molar-refractivity contribution in [3.8, 4) is 0 Å². The van der Waals surface area contributed by atoms with Crippen molar-refractivity contribution in [1.82, 2.24) is 10.2 Å². The van der Waals surface area contributed by atoms with Gasteiger partial charge in [0.1, 0.15) is 0 Å². The van der Waals surface area contributed by atoms with E-state index in [1.807, 2.05) is 13.8 Å². The minimum atomic E-state index is 0. The number of nitrogens with one attached hydrogen (secondary N) is 1. The molecule has 0 radical (unpaired) electrons. The van der Waals surface area contributed by atoms with Gasteiger partial charge in [0.2, 0.25) is 0 Å².